The first-order chi connectivity index (χ1) is 4.22. The summed E-state index contributed by atoms with van der Waals surface area (Å²) in [7, 11) is 0. The monoisotopic (exact) mass is 241 g/mol. The summed E-state index contributed by atoms with van der Waals surface area (Å²) in [5.41, 5.74) is 0. The summed E-state index contributed by atoms with van der Waals surface area (Å²) >= 11 is 0. The molecule has 0 rings (SSSR count). The summed E-state index contributed by atoms with van der Waals surface area (Å²) in [6.07, 6.45) is 0.117. The number of aliphatic carboxylic acids is 1. The second kappa shape index (κ2) is 7.24. The topological polar surface area (TPSA) is 77.8 Å². The molecule has 1 unspecified atom stereocenters. The van der Waals surface area contributed by atoms with Crippen molar-refractivity contribution in [3.63, 3.8) is 0 Å². The molecular weight excluding hydrogens is 232 g/mol. The average molecular weight is 242 g/mol. The van der Waals surface area contributed by atoms with E-state index in [2.05, 4.69) is 0 Å². The van der Waals surface area contributed by atoms with Gasteiger partial charge in [0.1, 0.15) is 0 Å². The van der Waals surface area contributed by atoms with Crippen LogP contribution in [0.2, 0.25) is 0 Å². The predicted octanol–water partition coefficient (Wildman–Crippen LogP) is -0.941. The van der Waals surface area contributed by atoms with E-state index in [1.165, 1.54) is 0 Å². The van der Waals surface area contributed by atoms with E-state index in [4.69, 9.17) is 15.3 Å². The van der Waals surface area contributed by atoms with Gasteiger partial charge in [-0.05, 0) is 6.42 Å². The second-order valence-electron chi connectivity index (χ2n) is 1.73. The fourth-order valence-corrected chi connectivity index (χ4v) is 0.449. The van der Waals surface area contributed by atoms with Crippen LogP contribution in [-0.2, 0) is 27.2 Å². The van der Waals surface area contributed by atoms with Crippen molar-refractivity contribution < 1.29 is 42.5 Å². The van der Waals surface area contributed by atoms with Crippen LogP contribution in [0.5, 0.6) is 0 Å². The first kappa shape index (κ1) is 12.8. The van der Waals surface area contributed by atoms with Crippen LogP contribution in [0.3, 0.4) is 0 Å². The molecule has 0 fully saturated rings. The van der Waals surface area contributed by atoms with Gasteiger partial charge in [0, 0.05) is 29.0 Å². The fourth-order valence-electron chi connectivity index (χ4n) is 0.449. The molecule has 0 aromatic rings. The maximum atomic E-state index is 10.0. The molecule has 3 N–H and O–H groups in total. The quantitative estimate of drug-likeness (QED) is 0.556. The summed E-state index contributed by atoms with van der Waals surface area (Å²) in [5, 5.41) is 24.8. The molecule has 0 saturated carbocycles. The second-order valence-corrected chi connectivity index (χ2v) is 1.73. The molecule has 0 aromatic heterocycles. The van der Waals surface area contributed by atoms with Crippen molar-refractivity contribution in [2.45, 2.75) is 6.42 Å². The van der Waals surface area contributed by atoms with Crippen molar-refractivity contribution >= 4 is 5.97 Å². The van der Waals surface area contributed by atoms with Gasteiger partial charge in [-0.3, -0.25) is 4.79 Å². The van der Waals surface area contributed by atoms with Crippen LogP contribution in [0.1, 0.15) is 6.42 Å². The van der Waals surface area contributed by atoms with Crippen LogP contribution < -0.4 is 0 Å². The van der Waals surface area contributed by atoms with Gasteiger partial charge in [-0.15, -0.1) is 0 Å². The Balaban J connectivity index is 0. The predicted molar refractivity (Wildman–Crippen MR) is 29.9 cm³/mol. The molecule has 0 spiro atoms. The van der Waals surface area contributed by atoms with Crippen LogP contribution in [0.25, 0.3) is 0 Å². The largest absolute Gasteiger partial charge is 0.481 e. The number of carboxylic acid groups (broad SMARTS) is 1. The molecule has 5 heteroatoms. The third-order valence-corrected chi connectivity index (χ3v) is 1.05. The normalized spacial score (nSPS) is 11.8. The van der Waals surface area contributed by atoms with Crippen LogP contribution in [0, 0.1) is 5.92 Å². The Hall–Kier alpha value is 0.130. The van der Waals surface area contributed by atoms with Gasteiger partial charge in [-0.2, -0.15) is 0 Å². The number of carbonyl (C=O) groups is 1. The van der Waals surface area contributed by atoms with E-state index in [0.717, 1.165) is 0 Å². The van der Waals surface area contributed by atoms with E-state index < -0.39 is 18.5 Å². The fraction of sp³-hybridized carbons (Fsp3) is 0.800. The molecule has 0 aliphatic rings. The number of aliphatic hydroxyl groups excluding tert-OH is 2. The SMILES string of the molecule is O=C(O)C(CO)CCO.[Ag]. The number of hydrogen-bond donors (Lipinski definition) is 3. The molecule has 0 aromatic carbocycles. The molecule has 0 heterocycles. The first-order valence-corrected chi connectivity index (χ1v) is 2.67. The van der Waals surface area contributed by atoms with E-state index >= 15 is 0 Å². The molecule has 10 heavy (non-hydrogen) atoms. The first-order valence-electron chi connectivity index (χ1n) is 2.67. The number of aliphatic hydroxyl groups is 2. The van der Waals surface area contributed by atoms with Crippen LogP contribution in [0.15, 0.2) is 0 Å². The van der Waals surface area contributed by atoms with Crippen molar-refractivity contribution in [1.82, 2.24) is 0 Å². The standard InChI is InChI=1S/C5H10O4.Ag/c6-2-1-4(3-7)5(8)9;/h4,6-7H,1-3H2,(H,8,9);. The maximum Gasteiger partial charge on any atom is 0.308 e. The van der Waals surface area contributed by atoms with E-state index in [-0.39, 0.29) is 35.4 Å². The Morgan fingerprint density at radius 2 is 1.90 bits per heavy atom. The zero-order valence-corrected chi connectivity index (χ0v) is 6.73. The van der Waals surface area contributed by atoms with Gasteiger partial charge in [0.05, 0.1) is 12.5 Å². The van der Waals surface area contributed by atoms with Crippen molar-refractivity contribution in [2.24, 2.45) is 5.92 Å². The van der Waals surface area contributed by atoms with Gasteiger partial charge >= 0.3 is 5.97 Å². The molecule has 4 nitrogen and oxygen atoms in total. The molecule has 0 saturated heterocycles. The number of carboxylic acids is 1. The molecule has 0 amide bonds. The zero-order chi connectivity index (χ0) is 7.28. The summed E-state index contributed by atoms with van der Waals surface area (Å²) in [6.45, 7) is -0.604. The Bertz CT molecular complexity index is 95.6. The van der Waals surface area contributed by atoms with Crippen LogP contribution in [-0.4, -0.2) is 34.5 Å². The molecule has 0 aliphatic heterocycles. The smallest absolute Gasteiger partial charge is 0.308 e. The van der Waals surface area contributed by atoms with Gasteiger partial charge in [-0.1, -0.05) is 0 Å². The zero-order valence-electron chi connectivity index (χ0n) is 5.25. The minimum absolute atomic E-state index is 0. The Kier molecular flexibility index (Phi) is 9.25. The number of rotatable bonds is 4. The third kappa shape index (κ3) is 4.96. The maximum absolute atomic E-state index is 10.0. The Morgan fingerprint density at radius 3 is 2.00 bits per heavy atom. The van der Waals surface area contributed by atoms with Crippen LogP contribution >= 0.6 is 0 Å². The summed E-state index contributed by atoms with van der Waals surface area (Å²) in [4.78, 5) is 10.0. The van der Waals surface area contributed by atoms with Crippen molar-refractivity contribution in [3.05, 3.63) is 0 Å². The van der Waals surface area contributed by atoms with Crippen LogP contribution in [0.4, 0.5) is 0 Å². The minimum atomic E-state index is -1.06. The molecule has 1 radical (unpaired) electrons. The Morgan fingerprint density at radius 1 is 1.40 bits per heavy atom. The third-order valence-electron chi connectivity index (χ3n) is 1.05. The van der Waals surface area contributed by atoms with E-state index in [9.17, 15) is 4.79 Å². The van der Waals surface area contributed by atoms with Gasteiger partial charge in [-0.25, -0.2) is 0 Å². The van der Waals surface area contributed by atoms with Gasteiger partial charge in [0.2, 0.25) is 0 Å². The van der Waals surface area contributed by atoms with E-state index in [1.807, 2.05) is 0 Å². The number of hydrogen-bond acceptors (Lipinski definition) is 3. The summed E-state index contributed by atoms with van der Waals surface area (Å²) in [5.74, 6) is -1.87. The molecule has 0 aliphatic carbocycles. The van der Waals surface area contributed by atoms with Gasteiger partial charge in [0.25, 0.3) is 0 Å². The summed E-state index contributed by atoms with van der Waals surface area (Å²) < 4.78 is 0. The molecule has 1 atom stereocenters. The summed E-state index contributed by atoms with van der Waals surface area (Å²) in [6, 6.07) is 0. The van der Waals surface area contributed by atoms with E-state index in [1.54, 1.807) is 0 Å². The van der Waals surface area contributed by atoms with Crippen molar-refractivity contribution in [1.29, 1.82) is 0 Å². The molecular formula is C5H10AgO4. The molecule has 0 bridgehead atoms. The minimum Gasteiger partial charge on any atom is -0.481 e. The van der Waals surface area contributed by atoms with Gasteiger partial charge in [0.15, 0.2) is 0 Å². The molecule has 65 valence electrons. The average Bonchev–Trinajstić information content (AvgIpc) is 1.82. The van der Waals surface area contributed by atoms with E-state index in [0.29, 0.717) is 0 Å². The Labute approximate surface area is 74.4 Å². The van der Waals surface area contributed by atoms with Crippen molar-refractivity contribution in [2.75, 3.05) is 13.2 Å². The van der Waals surface area contributed by atoms with Crippen molar-refractivity contribution in [3.8, 4) is 0 Å². The van der Waals surface area contributed by atoms with Gasteiger partial charge < -0.3 is 15.3 Å².